The van der Waals surface area contributed by atoms with Gasteiger partial charge in [0.05, 0.1) is 19.8 Å². The first-order chi connectivity index (χ1) is 12.2. The Kier molecular flexibility index (Phi) is 11.5. The van der Waals surface area contributed by atoms with E-state index >= 15 is 0 Å². The third-order valence-corrected chi connectivity index (χ3v) is 6.36. The van der Waals surface area contributed by atoms with Gasteiger partial charge in [0.15, 0.2) is 0 Å². The predicted molar refractivity (Wildman–Crippen MR) is 114 cm³/mol. The van der Waals surface area contributed by atoms with E-state index in [-0.39, 0.29) is 36.3 Å². The number of nitrogens with one attached hydrogen (secondary N) is 2. The zero-order valence-corrected chi connectivity index (χ0v) is 18.3. The van der Waals surface area contributed by atoms with Crippen molar-refractivity contribution in [2.45, 2.75) is 56.5 Å². The molecule has 0 aromatic heterocycles. The van der Waals surface area contributed by atoms with Crippen LogP contribution in [0.25, 0.3) is 0 Å². The van der Waals surface area contributed by atoms with Gasteiger partial charge < -0.3 is 15.4 Å². The van der Waals surface area contributed by atoms with Crippen molar-refractivity contribution in [2.24, 2.45) is 0 Å². The summed E-state index contributed by atoms with van der Waals surface area (Å²) in [5.74, 6) is 0.190. The lowest BCUT2D eigenvalue weighted by Crippen LogP contribution is -2.60. The highest BCUT2D eigenvalue weighted by molar-refractivity contribution is 5.85. The van der Waals surface area contributed by atoms with E-state index in [1.165, 1.54) is 44.9 Å². The summed E-state index contributed by atoms with van der Waals surface area (Å²) in [7, 11) is 2.02. The van der Waals surface area contributed by atoms with Gasteiger partial charge in [0, 0.05) is 37.8 Å². The maximum absolute atomic E-state index is 12.6. The summed E-state index contributed by atoms with van der Waals surface area (Å²) < 4.78 is 5.54. The number of likely N-dealkylation sites (N-methyl/N-ethyl adjacent to an activating group) is 1. The van der Waals surface area contributed by atoms with Gasteiger partial charge in [-0.05, 0) is 39.3 Å². The van der Waals surface area contributed by atoms with Gasteiger partial charge >= 0.3 is 0 Å². The van der Waals surface area contributed by atoms with E-state index in [0.717, 1.165) is 45.9 Å². The molecule has 2 N–H and O–H groups in total. The Bertz CT molecular complexity index is 430. The van der Waals surface area contributed by atoms with Gasteiger partial charge in [-0.3, -0.25) is 14.6 Å². The molecule has 1 unspecified atom stereocenters. The lowest BCUT2D eigenvalue weighted by molar-refractivity contribution is -0.123. The number of morpholine rings is 1. The van der Waals surface area contributed by atoms with Crippen LogP contribution in [0.2, 0.25) is 0 Å². The minimum atomic E-state index is 0. The molecule has 1 atom stereocenters. The SMILES string of the molecule is CNC1CCCN(CC(=O)NCC2(N3CCOCC3)CCCCC2)C1.Cl.Cl. The van der Waals surface area contributed by atoms with Gasteiger partial charge in [-0.2, -0.15) is 0 Å². The molecule has 0 spiro atoms. The molecule has 6 nitrogen and oxygen atoms in total. The first kappa shape index (κ1) is 24.9. The summed E-state index contributed by atoms with van der Waals surface area (Å²) in [5.41, 5.74) is 0.160. The molecule has 1 amide bonds. The number of carbonyl (C=O) groups excluding carboxylic acids is 1. The average molecular weight is 425 g/mol. The molecule has 3 fully saturated rings. The molecule has 27 heavy (non-hydrogen) atoms. The number of hydrogen-bond acceptors (Lipinski definition) is 5. The summed E-state index contributed by atoms with van der Waals surface area (Å²) in [4.78, 5) is 17.4. The molecule has 0 radical (unpaired) electrons. The van der Waals surface area contributed by atoms with Crippen molar-refractivity contribution in [2.75, 3.05) is 59.5 Å². The van der Waals surface area contributed by atoms with Crippen LogP contribution in [0.15, 0.2) is 0 Å². The topological polar surface area (TPSA) is 56.8 Å². The molecule has 0 aromatic carbocycles. The molecule has 1 saturated carbocycles. The predicted octanol–water partition coefficient (Wildman–Crippen LogP) is 1.67. The molecular formula is C19H38Cl2N4O2. The molecule has 0 bridgehead atoms. The number of likely N-dealkylation sites (tertiary alicyclic amines) is 1. The molecule has 2 saturated heterocycles. The smallest absolute Gasteiger partial charge is 0.234 e. The molecule has 1 aliphatic carbocycles. The van der Waals surface area contributed by atoms with E-state index in [1.54, 1.807) is 0 Å². The molecule has 160 valence electrons. The first-order valence-corrected chi connectivity index (χ1v) is 10.2. The van der Waals surface area contributed by atoms with Crippen LogP contribution >= 0.6 is 24.8 Å². The number of nitrogens with zero attached hydrogens (tertiary/aromatic N) is 2. The lowest BCUT2D eigenvalue weighted by atomic mass is 9.79. The van der Waals surface area contributed by atoms with Crippen LogP contribution in [0.3, 0.4) is 0 Å². The van der Waals surface area contributed by atoms with E-state index in [1.807, 2.05) is 7.05 Å². The van der Waals surface area contributed by atoms with Crippen molar-refractivity contribution in [3.63, 3.8) is 0 Å². The molecule has 0 aromatic rings. The van der Waals surface area contributed by atoms with Crippen molar-refractivity contribution in [1.29, 1.82) is 0 Å². The Morgan fingerprint density at radius 2 is 1.78 bits per heavy atom. The Hall–Kier alpha value is -0.110. The Labute approximate surface area is 176 Å². The van der Waals surface area contributed by atoms with Gasteiger partial charge in [-0.25, -0.2) is 0 Å². The van der Waals surface area contributed by atoms with Crippen molar-refractivity contribution in [3.05, 3.63) is 0 Å². The maximum Gasteiger partial charge on any atom is 0.234 e. The summed E-state index contributed by atoms with van der Waals surface area (Å²) in [5, 5.41) is 6.64. The number of halogens is 2. The van der Waals surface area contributed by atoms with Crippen LogP contribution in [0.4, 0.5) is 0 Å². The molecule has 3 aliphatic rings. The molecule has 2 heterocycles. The average Bonchev–Trinajstić information content (AvgIpc) is 2.68. The Balaban J connectivity index is 0.00000182. The maximum atomic E-state index is 12.6. The fraction of sp³-hybridized carbons (Fsp3) is 0.947. The van der Waals surface area contributed by atoms with Crippen LogP contribution in [-0.2, 0) is 9.53 Å². The van der Waals surface area contributed by atoms with E-state index in [4.69, 9.17) is 4.74 Å². The highest BCUT2D eigenvalue weighted by atomic mass is 35.5. The number of amides is 1. The van der Waals surface area contributed by atoms with Gasteiger partial charge in [0.1, 0.15) is 0 Å². The van der Waals surface area contributed by atoms with Crippen LogP contribution in [0.1, 0.15) is 44.9 Å². The minimum absolute atomic E-state index is 0. The van der Waals surface area contributed by atoms with E-state index < -0.39 is 0 Å². The molecular weight excluding hydrogens is 387 g/mol. The summed E-state index contributed by atoms with van der Waals surface area (Å²) in [6.45, 7) is 7.03. The number of hydrogen-bond donors (Lipinski definition) is 2. The first-order valence-electron chi connectivity index (χ1n) is 10.2. The molecule has 8 heteroatoms. The Morgan fingerprint density at radius 3 is 2.44 bits per heavy atom. The van der Waals surface area contributed by atoms with Crippen molar-refractivity contribution in [3.8, 4) is 0 Å². The number of ether oxygens (including phenoxy) is 1. The zero-order valence-electron chi connectivity index (χ0n) is 16.7. The third kappa shape index (κ3) is 7.02. The largest absolute Gasteiger partial charge is 0.379 e. The van der Waals surface area contributed by atoms with Crippen LogP contribution in [0, 0.1) is 0 Å². The second kappa shape index (κ2) is 12.5. The van der Waals surface area contributed by atoms with Crippen LogP contribution < -0.4 is 10.6 Å². The standard InChI is InChI=1S/C19H36N4O2.2ClH/c1-20-17-6-5-9-22(14-17)15-18(24)21-16-19(7-3-2-4-8-19)23-10-12-25-13-11-23;;/h17,20H,2-16H2,1H3,(H,21,24);2*1H. The van der Waals surface area contributed by atoms with Crippen molar-refractivity contribution in [1.82, 2.24) is 20.4 Å². The summed E-state index contributed by atoms with van der Waals surface area (Å²) in [6.07, 6.45) is 8.70. The second-order valence-electron chi connectivity index (χ2n) is 8.02. The molecule has 2 aliphatic heterocycles. The fourth-order valence-electron chi connectivity index (χ4n) is 4.81. The van der Waals surface area contributed by atoms with Gasteiger partial charge in [-0.1, -0.05) is 19.3 Å². The highest BCUT2D eigenvalue weighted by Gasteiger charge is 2.38. The third-order valence-electron chi connectivity index (χ3n) is 6.36. The lowest BCUT2D eigenvalue weighted by Gasteiger charge is -2.48. The minimum Gasteiger partial charge on any atom is -0.379 e. The number of carbonyl (C=O) groups is 1. The number of piperidine rings is 1. The fourth-order valence-corrected chi connectivity index (χ4v) is 4.81. The monoisotopic (exact) mass is 424 g/mol. The highest BCUT2D eigenvalue weighted by Crippen LogP contribution is 2.33. The number of rotatable bonds is 6. The molecule has 3 rings (SSSR count). The van der Waals surface area contributed by atoms with Gasteiger partial charge in [-0.15, -0.1) is 24.8 Å². The van der Waals surface area contributed by atoms with E-state index in [0.29, 0.717) is 12.6 Å². The van der Waals surface area contributed by atoms with Crippen LogP contribution in [0.5, 0.6) is 0 Å². The second-order valence-corrected chi connectivity index (χ2v) is 8.02. The zero-order chi connectivity index (χ0) is 17.5. The van der Waals surface area contributed by atoms with Crippen molar-refractivity contribution >= 4 is 30.7 Å². The van der Waals surface area contributed by atoms with Crippen molar-refractivity contribution < 1.29 is 9.53 Å². The van der Waals surface area contributed by atoms with Gasteiger partial charge in [0.2, 0.25) is 5.91 Å². The van der Waals surface area contributed by atoms with E-state index in [2.05, 4.69) is 20.4 Å². The van der Waals surface area contributed by atoms with Crippen LogP contribution in [-0.4, -0.2) is 86.8 Å². The summed E-state index contributed by atoms with van der Waals surface area (Å²) in [6, 6.07) is 0.527. The summed E-state index contributed by atoms with van der Waals surface area (Å²) >= 11 is 0. The quantitative estimate of drug-likeness (QED) is 0.678. The normalized spacial score (nSPS) is 26.5. The van der Waals surface area contributed by atoms with Gasteiger partial charge in [0.25, 0.3) is 0 Å². The van der Waals surface area contributed by atoms with E-state index in [9.17, 15) is 4.79 Å². The Morgan fingerprint density at radius 1 is 1.07 bits per heavy atom.